The molecule has 1 aromatic heterocycles. The molecule has 3 rings (SSSR count). The van der Waals surface area contributed by atoms with E-state index in [1.54, 1.807) is 0 Å². The van der Waals surface area contributed by atoms with Crippen molar-refractivity contribution in [2.45, 2.75) is 51.8 Å². The molecular formula is C18H26N2O. The second-order valence-electron chi connectivity index (χ2n) is 5.96. The highest BCUT2D eigenvalue weighted by Crippen LogP contribution is 2.22. The van der Waals surface area contributed by atoms with Gasteiger partial charge in [-0.25, -0.2) is 0 Å². The second kappa shape index (κ2) is 7.10. The molecule has 114 valence electrons. The lowest BCUT2D eigenvalue weighted by atomic mass is 10.1. The van der Waals surface area contributed by atoms with E-state index in [2.05, 4.69) is 47.3 Å². The summed E-state index contributed by atoms with van der Waals surface area (Å²) in [6, 6.07) is 8.89. The lowest BCUT2D eigenvalue weighted by Gasteiger charge is -2.11. The van der Waals surface area contributed by atoms with Gasteiger partial charge in [-0.3, -0.25) is 0 Å². The number of fused-ring (bicyclic) bond motifs is 1. The van der Waals surface area contributed by atoms with E-state index in [1.165, 1.54) is 35.7 Å². The van der Waals surface area contributed by atoms with Crippen molar-refractivity contribution in [3.8, 4) is 0 Å². The smallest absolute Gasteiger partial charge is 0.0593 e. The van der Waals surface area contributed by atoms with E-state index in [4.69, 9.17) is 4.74 Å². The number of aromatic nitrogens is 1. The van der Waals surface area contributed by atoms with Crippen LogP contribution in [0.4, 0.5) is 0 Å². The standard InChI is InChI=1S/C18H26N2O/c1-2-10-19-14-15-5-3-7-18-17(15)9-12-20(18)11-8-16-6-4-13-21-16/h3,5,7,9,12,16,19H,2,4,6,8,10-11,13-14H2,1H3. The van der Waals surface area contributed by atoms with Crippen LogP contribution >= 0.6 is 0 Å². The summed E-state index contributed by atoms with van der Waals surface area (Å²) < 4.78 is 8.10. The van der Waals surface area contributed by atoms with Gasteiger partial charge in [-0.1, -0.05) is 19.1 Å². The first-order chi connectivity index (χ1) is 10.4. The molecule has 2 aromatic rings. The molecule has 0 radical (unpaired) electrons. The zero-order valence-corrected chi connectivity index (χ0v) is 13.0. The third-order valence-corrected chi connectivity index (χ3v) is 4.36. The molecule has 3 nitrogen and oxygen atoms in total. The average molecular weight is 286 g/mol. The Labute approximate surface area is 127 Å². The Morgan fingerprint density at radius 3 is 3.10 bits per heavy atom. The lowest BCUT2D eigenvalue weighted by molar-refractivity contribution is 0.101. The fourth-order valence-corrected chi connectivity index (χ4v) is 3.19. The number of rotatable bonds is 7. The first-order valence-electron chi connectivity index (χ1n) is 8.27. The summed E-state index contributed by atoms with van der Waals surface area (Å²) in [4.78, 5) is 0. The average Bonchev–Trinajstić information content (AvgIpc) is 3.15. The van der Waals surface area contributed by atoms with Crippen LogP contribution in [-0.4, -0.2) is 23.8 Å². The molecule has 0 amide bonds. The Morgan fingerprint density at radius 1 is 1.33 bits per heavy atom. The van der Waals surface area contributed by atoms with Crippen LogP contribution < -0.4 is 5.32 Å². The number of ether oxygens (including phenoxy) is 1. The van der Waals surface area contributed by atoms with Crippen LogP contribution in [0, 0.1) is 0 Å². The molecular weight excluding hydrogens is 260 g/mol. The minimum atomic E-state index is 0.469. The number of aryl methyl sites for hydroxylation is 1. The molecule has 0 bridgehead atoms. The maximum Gasteiger partial charge on any atom is 0.0593 e. The summed E-state index contributed by atoms with van der Waals surface area (Å²) in [7, 11) is 0. The molecule has 1 fully saturated rings. The van der Waals surface area contributed by atoms with Crippen molar-refractivity contribution < 1.29 is 4.74 Å². The Kier molecular flexibility index (Phi) is 4.94. The maximum atomic E-state index is 5.73. The van der Waals surface area contributed by atoms with E-state index in [9.17, 15) is 0 Å². The number of hydrogen-bond donors (Lipinski definition) is 1. The van der Waals surface area contributed by atoms with Gasteiger partial charge in [-0.15, -0.1) is 0 Å². The molecule has 1 aliphatic heterocycles. The largest absolute Gasteiger partial charge is 0.378 e. The van der Waals surface area contributed by atoms with Crippen LogP contribution in [0.25, 0.3) is 10.9 Å². The number of benzene rings is 1. The molecule has 1 saturated heterocycles. The molecule has 0 spiro atoms. The number of hydrogen-bond acceptors (Lipinski definition) is 2. The van der Waals surface area contributed by atoms with Crippen molar-refractivity contribution in [1.82, 2.24) is 9.88 Å². The Bertz CT molecular complexity index is 570. The topological polar surface area (TPSA) is 26.2 Å². The van der Waals surface area contributed by atoms with Crippen LogP contribution in [0.1, 0.15) is 38.2 Å². The van der Waals surface area contributed by atoms with Gasteiger partial charge in [0.2, 0.25) is 0 Å². The van der Waals surface area contributed by atoms with Gasteiger partial charge in [0.1, 0.15) is 0 Å². The lowest BCUT2D eigenvalue weighted by Crippen LogP contribution is -2.14. The minimum Gasteiger partial charge on any atom is -0.378 e. The van der Waals surface area contributed by atoms with Gasteiger partial charge in [-0.05, 0) is 49.9 Å². The van der Waals surface area contributed by atoms with Gasteiger partial charge < -0.3 is 14.6 Å². The normalized spacial score (nSPS) is 18.6. The number of nitrogens with zero attached hydrogens (tertiary/aromatic N) is 1. The molecule has 1 N–H and O–H groups in total. The maximum absolute atomic E-state index is 5.73. The quantitative estimate of drug-likeness (QED) is 0.785. The highest BCUT2D eigenvalue weighted by atomic mass is 16.5. The van der Waals surface area contributed by atoms with E-state index in [0.29, 0.717) is 6.10 Å². The summed E-state index contributed by atoms with van der Waals surface area (Å²) >= 11 is 0. The predicted octanol–water partition coefficient (Wildman–Crippen LogP) is 3.71. The molecule has 1 unspecified atom stereocenters. The zero-order valence-electron chi connectivity index (χ0n) is 13.0. The molecule has 1 atom stereocenters. The third kappa shape index (κ3) is 3.47. The Balaban J connectivity index is 1.70. The fraction of sp³-hybridized carbons (Fsp3) is 0.556. The monoisotopic (exact) mass is 286 g/mol. The van der Waals surface area contributed by atoms with E-state index in [1.807, 2.05) is 0 Å². The van der Waals surface area contributed by atoms with Gasteiger partial charge in [0.15, 0.2) is 0 Å². The summed E-state index contributed by atoms with van der Waals surface area (Å²) in [5.74, 6) is 0. The SMILES string of the molecule is CCCNCc1cccc2c1ccn2CCC1CCCO1. The summed E-state index contributed by atoms with van der Waals surface area (Å²) in [5.41, 5.74) is 2.75. The van der Waals surface area contributed by atoms with Gasteiger partial charge >= 0.3 is 0 Å². The molecule has 1 aliphatic rings. The van der Waals surface area contributed by atoms with Crippen molar-refractivity contribution in [3.63, 3.8) is 0 Å². The third-order valence-electron chi connectivity index (χ3n) is 4.36. The van der Waals surface area contributed by atoms with Crippen molar-refractivity contribution in [2.75, 3.05) is 13.2 Å². The van der Waals surface area contributed by atoms with Crippen molar-refractivity contribution in [1.29, 1.82) is 0 Å². The molecule has 2 heterocycles. The van der Waals surface area contributed by atoms with Crippen LogP contribution in [0.2, 0.25) is 0 Å². The Hall–Kier alpha value is -1.32. The van der Waals surface area contributed by atoms with E-state index in [-0.39, 0.29) is 0 Å². The zero-order chi connectivity index (χ0) is 14.5. The molecule has 0 saturated carbocycles. The Morgan fingerprint density at radius 2 is 2.29 bits per heavy atom. The van der Waals surface area contributed by atoms with Crippen LogP contribution in [0.3, 0.4) is 0 Å². The highest BCUT2D eigenvalue weighted by Gasteiger charge is 2.15. The van der Waals surface area contributed by atoms with Crippen LogP contribution in [0.5, 0.6) is 0 Å². The van der Waals surface area contributed by atoms with Gasteiger partial charge in [0.25, 0.3) is 0 Å². The molecule has 21 heavy (non-hydrogen) atoms. The van der Waals surface area contributed by atoms with Gasteiger partial charge in [0.05, 0.1) is 6.10 Å². The van der Waals surface area contributed by atoms with Crippen molar-refractivity contribution >= 4 is 10.9 Å². The van der Waals surface area contributed by atoms with Crippen molar-refractivity contribution in [2.24, 2.45) is 0 Å². The van der Waals surface area contributed by atoms with E-state index >= 15 is 0 Å². The number of nitrogens with one attached hydrogen (secondary N) is 1. The van der Waals surface area contributed by atoms with Gasteiger partial charge in [-0.2, -0.15) is 0 Å². The summed E-state index contributed by atoms with van der Waals surface area (Å²) in [6.07, 6.45) is 7.45. The first-order valence-corrected chi connectivity index (χ1v) is 8.27. The molecule has 0 aliphatic carbocycles. The summed E-state index contributed by atoms with van der Waals surface area (Å²) in [5, 5.41) is 4.88. The van der Waals surface area contributed by atoms with E-state index < -0.39 is 0 Å². The fourth-order valence-electron chi connectivity index (χ4n) is 3.19. The van der Waals surface area contributed by atoms with E-state index in [0.717, 1.165) is 32.7 Å². The minimum absolute atomic E-state index is 0.469. The highest BCUT2D eigenvalue weighted by molar-refractivity contribution is 5.83. The molecule has 3 heteroatoms. The van der Waals surface area contributed by atoms with Crippen LogP contribution in [-0.2, 0) is 17.8 Å². The first kappa shape index (κ1) is 14.6. The van der Waals surface area contributed by atoms with Crippen molar-refractivity contribution in [3.05, 3.63) is 36.0 Å². The predicted molar refractivity (Wildman–Crippen MR) is 87.5 cm³/mol. The second-order valence-corrected chi connectivity index (χ2v) is 5.96. The summed E-state index contributed by atoms with van der Waals surface area (Å²) in [6.45, 7) is 6.25. The van der Waals surface area contributed by atoms with Crippen LogP contribution in [0.15, 0.2) is 30.5 Å². The molecule has 1 aromatic carbocycles. The van der Waals surface area contributed by atoms with Gasteiger partial charge in [0, 0.05) is 36.8 Å².